The molecule has 1 aliphatic carbocycles. The number of aldehydes is 1. The molecule has 98 valence electrons. The monoisotopic (exact) mass is 291 g/mol. The number of carbonyl (C=O) groups excluding carboxylic acids is 1. The molecule has 4 heteroatoms. The van der Waals surface area contributed by atoms with Gasteiger partial charge in [-0.2, -0.15) is 0 Å². The minimum absolute atomic E-state index is 0.532. The smallest absolute Gasteiger partial charge is 0.153 e. The number of halogens is 1. The molecule has 2 aromatic rings. The van der Waals surface area contributed by atoms with Gasteiger partial charge in [-0.25, -0.2) is 0 Å². The van der Waals surface area contributed by atoms with Crippen LogP contribution in [0, 0.1) is 0 Å². The molecule has 0 unspecified atom stereocenters. The number of anilines is 1. The Morgan fingerprint density at radius 3 is 2.79 bits per heavy atom. The van der Waals surface area contributed by atoms with Gasteiger partial charge in [0, 0.05) is 16.6 Å². The molecule has 1 heterocycles. The molecule has 1 aromatic carbocycles. The highest BCUT2D eigenvalue weighted by molar-refractivity contribution is 7.09. The van der Waals surface area contributed by atoms with Crippen molar-refractivity contribution in [1.29, 1.82) is 0 Å². The van der Waals surface area contributed by atoms with Crippen molar-refractivity contribution in [2.75, 3.05) is 4.90 Å². The van der Waals surface area contributed by atoms with Crippen molar-refractivity contribution in [2.45, 2.75) is 25.4 Å². The van der Waals surface area contributed by atoms with Crippen molar-refractivity contribution >= 4 is 34.9 Å². The normalized spacial score (nSPS) is 14.4. The van der Waals surface area contributed by atoms with Gasteiger partial charge in [-0.15, -0.1) is 11.3 Å². The van der Waals surface area contributed by atoms with E-state index in [0.717, 1.165) is 18.5 Å². The van der Waals surface area contributed by atoms with Crippen molar-refractivity contribution in [3.8, 4) is 0 Å². The Balaban J connectivity index is 1.96. The van der Waals surface area contributed by atoms with E-state index in [1.165, 1.54) is 17.7 Å². The van der Waals surface area contributed by atoms with Gasteiger partial charge in [0.15, 0.2) is 6.29 Å². The number of hydrogen-bond acceptors (Lipinski definition) is 3. The second-order valence-electron chi connectivity index (χ2n) is 4.73. The molecule has 1 fully saturated rings. The van der Waals surface area contributed by atoms with E-state index in [9.17, 15) is 4.79 Å². The zero-order valence-corrected chi connectivity index (χ0v) is 12.0. The summed E-state index contributed by atoms with van der Waals surface area (Å²) in [5.41, 5.74) is 1.56. The molecule has 0 spiro atoms. The van der Waals surface area contributed by atoms with Crippen molar-refractivity contribution in [2.24, 2.45) is 0 Å². The predicted octanol–water partition coefficient (Wildman–Crippen LogP) is 4.38. The van der Waals surface area contributed by atoms with E-state index >= 15 is 0 Å². The van der Waals surface area contributed by atoms with Crippen LogP contribution in [0.4, 0.5) is 5.69 Å². The third kappa shape index (κ3) is 2.67. The van der Waals surface area contributed by atoms with Gasteiger partial charge in [0.05, 0.1) is 17.1 Å². The van der Waals surface area contributed by atoms with E-state index in [0.29, 0.717) is 16.6 Å². The Morgan fingerprint density at radius 2 is 2.16 bits per heavy atom. The molecule has 3 rings (SSSR count). The van der Waals surface area contributed by atoms with Gasteiger partial charge >= 0.3 is 0 Å². The van der Waals surface area contributed by atoms with Crippen LogP contribution in [-0.4, -0.2) is 12.3 Å². The number of hydrogen-bond donors (Lipinski definition) is 0. The van der Waals surface area contributed by atoms with Gasteiger partial charge in [-0.1, -0.05) is 23.7 Å². The summed E-state index contributed by atoms with van der Waals surface area (Å²) in [7, 11) is 0. The fourth-order valence-corrected chi connectivity index (χ4v) is 3.18. The Labute approximate surface area is 121 Å². The first kappa shape index (κ1) is 12.7. The SMILES string of the molecule is O=Cc1c(Cl)cccc1N(Cc1cccs1)C1CC1. The minimum Gasteiger partial charge on any atom is -0.363 e. The largest absolute Gasteiger partial charge is 0.363 e. The number of thiophene rings is 1. The van der Waals surface area contributed by atoms with Gasteiger partial charge in [-0.3, -0.25) is 4.79 Å². The van der Waals surface area contributed by atoms with Gasteiger partial charge in [0.2, 0.25) is 0 Å². The average Bonchev–Trinajstić information content (AvgIpc) is 3.13. The highest BCUT2D eigenvalue weighted by Crippen LogP contribution is 2.36. The lowest BCUT2D eigenvalue weighted by atomic mass is 10.1. The van der Waals surface area contributed by atoms with Crippen LogP contribution < -0.4 is 4.90 Å². The van der Waals surface area contributed by atoms with Crippen LogP contribution in [0.1, 0.15) is 28.1 Å². The molecular formula is C15H14ClNOS. The van der Waals surface area contributed by atoms with Crippen LogP contribution in [0.2, 0.25) is 5.02 Å². The van der Waals surface area contributed by atoms with E-state index in [1.807, 2.05) is 12.1 Å². The third-order valence-electron chi connectivity index (χ3n) is 3.35. The second kappa shape index (κ2) is 5.35. The first-order valence-electron chi connectivity index (χ1n) is 6.32. The summed E-state index contributed by atoms with van der Waals surface area (Å²) in [5, 5.41) is 2.61. The van der Waals surface area contributed by atoms with Crippen LogP contribution in [0.3, 0.4) is 0 Å². The Morgan fingerprint density at radius 1 is 1.32 bits per heavy atom. The Hall–Kier alpha value is -1.32. The van der Waals surface area contributed by atoms with E-state index in [4.69, 9.17) is 11.6 Å². The fraction of sp³-hybridized carbons (Fsp3) is 0.267. The van der Waals surface area contributed by atoms with E-state index in [-0.39, 0.29) is 0 Å². The molecule has 0 atom stereocenters. The number of carbonyl (C=O) groups is 1. The molecule has 2 nitrogen and oxygen atoms in total. The molecule has 1 aliphatic rings. The average molecular weight is 292 g/mol. The quantitative estimate of drug-likeness (QED) is 0.762. The van der Waals surface area contributed by atoms with E-state index in [1.54, 1.807) is 17.4 Å². The van der Waals surface area contributed by atoms with Gasteiger partial charge in [0.1, 0.15) is 0 Å². The molecule has 0 amide bonds. The molecule has 0 saturated heterocycles. The molecule has 19 heavy (non-hydrogen) atoms. The zero-order chi connectivity index (χ0) is 13.2. The summed E-state index contributed by atoms with van der Waals surface area (Å²) in [5.74, 6) is 0. The summed E-state index contributed by atoms with van der Waals surface area (Å²) in [6.45, 7) is 0.851. The van der Waals surface area contributed by atoms with Gasteiger partial charge < -0.3 is 4.90 Å². The maximum Gasteiger partial charge on any atom is 0.153 e. The first-order chi connectivity index (χ1) is 9.29. The zero-order valence-electron chi connectivity index (χ0n) is 10.4. The third-order valence-corrected chi connectivity index (χ3v) is 4.54. The molecule has 0 bridgehead atoms. The Kier molecular flexibility index (Phi) is 3.58. The van der Waals surface area contributed by atoms with E-state index in [2.05, 4.69) is 22.4 Å². The standard InChI is InChI=1S/C15H14ClNOS/c16-14-4-1-5-15(13(14)10-18)17(11-6-7-11)9-12-3-2-8-19-12/h1-5,8,10-11H,6-7,9H2. The maximum atomic E-state index is 11.3. The highest BCUT2D eigenvalue weighted by atomic mass is 35.5. The number of nitrogens with zero attached hydrogens (tertiary/aromatic N) is 1. The van der Waals surface area contributed by atoms with Crippen LogP contribution in [-0.2, 0) is 6.54 Å². The van der Waals surface area contributed by atoms with Gasteiger partial charge in [0.25, 0.3) is 0 Å². The van der Waals surface area contributed by atoms with Crippen LogP contribution in [0.15, 0.2) is 35.7 Å². The first-order valence-corrected chi connectivity index (χ1v) is 7.58. The summed E-state index contributed by atoms with van der Waals surface area (Å²) >= 11 is 7.87. The molecule has 0 radical (unpaired) electrons. The van der Waals surface area contributed by atoms with Crippen LogP contribution >= 0.6 is 22.9 Å². The summed E-state index contributed by atoms with van der Waals surface area (Å²) in [4.78, 5) is 14.9. The van der Waals surface area contributed by atoms with Crippen molar-refractivity contribution < 1.29 is 4.79 Å². The van der Waals surface area contributed by atoms with Gasteiger partial charge in [-0.05, 0) is 36.4 Å². The lowest BCUT2D eigenvalue weighted by Crippen LogP contribution is -2.25. The fourth-order valence-electron chi connectivity index (χ4n) is 2.26. The van der Waals surface area contributed by atoms with Crippen LogP contribution in [0.25, 0.3) is 0 Å². The minimum atomic E-state index is 0.532. The Bertz CT molecular complexity index is 578. The molecule has 1 aromatic heterocycles. The summed E-state index contributed by atoms with van der Waals surface area (Å²) in [6.07, 6.45) is 3.24. The molecule has 0 aliphatic heterocycles. The molecular weight excluding hydrogens is 278 g/mol. The molecule has 0 N–H and O–H groups in total. The second-order valence-corrected chi connectivity index (χ2v) is 6.17. The summed E-state index contributed by atoms with van der Waals surface area (Å²) < 4.78 is 0. The lowest BCUT2D eigenvalue weighted by Gasteiger charge is -2.25. The van der Waals surface area contributed by atoms with Crippen molar-refractivity contribution in [1.82, 2.24) is 0 Å². The highest BCUT2D eigenvalue weighted by Gasteiger charge is 2.31. The topological polar surface area (TPSA) is 20.3 Å². The summed E-state index contributed by atoms with van der Waals surface area (Å²) in [6, 6.07) is 10.4. The van der Waals surface area contributed by atoms with Crippen molar-refractivity contribution in [3.63, 3.8) is 0 Å². The lowest BCUT2D eigenvalue weighted by molar-refractivity contribution is 0.112. The van der Waals surface area contributed by atoms with Crippen LogP contribution in [0.5, 0.6) is 0 Å². The molecule has 1 saturated carbocycles. The number of benzene rings is 1. The van der Waals surface area contributed by atoms with E-state index < -0.39 is 0 Å². The predicted molar refractivity (Wildman–Crippen MR) is 80.4 cm³/mol. The number of rotatable bonds is 5. The van der Waals surface area contributed by atoms with Crippen molar-refractivity contribution in [3.05, 3.63) is 51.2 Å². The maximum absolute atomic E-state index is 11.3.